The van der Waals surface area contributed by atoms with Gasteiger partial charge in [-0.05, 0) is 24.1 Å². The van der Waals surface area contributed by atoms with E-state index >= 15 is 0 Å². The smallest absolute Gasteiger partial charge is 0.340 e. The van der Waals surface area contributed by atoms with E-state index in [1.807, 2.05) is 12.1 Å². The fourth-order valence-corrected chi connectivity index (χ4v) is 1.79. The first-order chi connectivity index (χ1) is 9.17. The summed E-state index contributed by atoms with van der Waals surface area (Å²) < 4.78 is 0. The van der Waals surface area contributed by atoms with Crippen LogP contribution in [0.5, 0.6) is 0 Å². The van der Waals surface area contributed by atoms with Crippen LogP contribution in [0.4, 0.5) is 5.69 Å². The Morgan fingerprint density at radius 1 is 1.37 bits per heavy atom. The van der Waals surface area contributed by atoms with Crippen LogP contribution in [0.3, 0.4) is 0 Å². The average Bonchev–Trinajstić information content (AvgIpc) is 2.82. The van der Waals surface area contributed by atoms with E-state index in [0.717, 1.165) is 12.1 Å². The van der Waals surface area contributed by atoms with Gasteiger partial charge in [0.05, 0.1) is 6.10 Å². The first-order valence-corrected chi connectivity index (χ1v) is 6.32. The number of H-pyrrole nitrogens is 2. The monoisotopic (exact) mass is 262 g/mol. The SMILES string of the molecule is CCc1ccc(NCC(O)Cc2n[nH]c(=O)[nH]2)cc1. The molecule has 1 aromatic heterocycles. The highest BCUT2D eigenvalue weighted by Crippen LogP contribution is 2.10. The number of hydrogen-bond donors (Lipinski definition) is 4. The number of nitrogens with one attached hydrogen (secondary N) is 3. The zero-order valence-corrected chi connectivity index (χ0v) is 10.8. The fraction of sp³-hybridized carbons (Fsp3) is 0.385. The molecule has 0 aliphatic rings. The second-order valence-electron chi connectivity index (χ2n) is 4.41. The van der Waals surface area contributed by atoms with Crippen molar-refractivity contribution in [2.24, 2.45) is 0 Å². The Morgan fingerprint density at radius 3 is 2.68 bits per heavy atom. The molecule has 1 aromatic carbocycles. The molecule has 0 radical (unpaired) electrons. The summed E-state index contributed by atoms with van der Waals surface area (Å²) in [6.45, 7) is 2.51. The van der Waals surface area contributed by atoms with Crippen LogP contribution in [0, 0.1) is 0 Å². The normalized spacial score (nSPS) is 12.3. The van der Waals surface area contributed by atoms with Gasteiger partial charge in [0.25, 0.3) is 0 Å². The lowest BCUT2D eigenvalue weighted by Crippen LogP contribution is -2.22. The number of anilines is 1. The third-order valence-electron chi connectivity index (χ3n) is 2.88. The molecule has 0 spiro atoms. The van der Waals surface area contributed by atoms with E-state index in [9.17, 15) is 9.90 Å². The van der Waals surface area contributed by atoms with Crippen LogP contribution in [0.2, 0.25) is 0 Å². The molecule has 0 amide bonds. The molecular weight excluding hydrogens is 244 g/mol. The number of aromatic nitrogens is 3. The Hall–Kier alpha value is -2.08. The molecule has 102 valence electrons. The summed E-state index contributed by atoms with van der Waals surface area (Å²) in [7, 11) is 0. The first-order valence-electron chi connectivity index (χ1n) is 6.32. The van der Waals surface area contributed by atoms with Gasteiger partial charge in [0.2, 0.25) is 0 Å². The molecule has 1 heterocycles. The second kappa shape index (κ2) is 6.19. The molecule has 6 nitrogen and oxygen atoms in total. The summed E-state index contributed by atoms with van der Waals surface area (Å²) in [5.41, 5.74) is 1.89. The van der Waals surface area contributed by atoms with E-state index < -0.39 is 6.10 Å². The number of hydrogen-bond acceptors (Lipinski definition) is 4. The number of aromatic amines is 2. The maximum absolute atomic E-state index is 10.8. The predicted molar refractivity (Wildman–Crippen MR) is 73.2 cm³/mol. The van der Waals surface area contributed by atoms with E-state index in [4.69, 9.17) is 0 Å². The van der Waals surface area contributed by atoms with Gasteiger partial charge in [0.1, 0.15) is 5.82 Å². The molecule has 2 rings (SSSR count). The minimum atomic E-state index is -0.607. The van der Waals surface area contributed by atoms with Crippen molar-refractivity contribution < 1.29 is 5.11 Å². The van der Waals surface area contributed by atoms with Crippen LogP contribution < -0.4 is 11.0 Å². The minimum Gasteiger partial charge on any atom is -0.391 e. The van der Waals surface area contributed by atoms with Crippen molar-refractivity contribution in [1.82, 2.24) is 15.2 Å². The summed E-state index contributed by atoms with van der Waals surface area (Å²) in [4.78, 5) is 13.4. The van der Waals surface area contributed by atoms with Crippen LogP contribution in [0.25, 0.3) is 0 Å². The quantitative estimate of drug-likeness (QED) is 0.615. The molecular formula is C13H18N4O2. The van der Waals surface area contributed by atoms with Gasteiger partial charge in [0, 0.05) is 18.7 Å². The first kappa shape index (κ1) is 13.4. The van der Waals surface area contributed by atoms with Crippen LogP contribution in [-0.2, 0) is 12.8 Å². The van der Waals surface area contributed by atoms with Crippen molar-refractivity contribution in [2.75, 3.05) is 11.9 Å². The zero-order chi connectivity index (χ0) is 13.7. The largest absolute Gasteiger partial charge is 0.391 e. The third-order valence-corrected chi connectivity index (χ3v) is 2.88. The lowest BCUT2D eigenvalue weighted by atomic mass is 10.1. The summed E-state index contributed by atoms with van der Waals surface area (Å²) in [6.07, 6.45) is 0.707. The molecule has 6 heteroatoms. The highest BCUT2D eigenvalue weighted by Gasteiger charge is 2.08. The van der Waals surface area contributed by atoms with E-state index in [1.54, 1.807) is 0 Å². The summed E-state index contributed by atoms with van der Waals surface area (Å²) in [5.74, 6) is 0.459. The molecule has 2 aromatic rings. The molecule has 19 heavy (non-hydrogen) atoms. The summed E-state index contributed by atoms with van der Waals surface area (Å²) >= 11 is 0. The van der Waals surface area contributed by atoms with Crippen molar-refractivity contribution in [2.45, 2.75) is 25.9 Å². The highest BCUT2D eigenvalue weighted by atomic mass is 16.3. The third kappa shape index (κ3) is 3.96. The standard InChI is InChI=1S/C13H18N4O2/c1-2-9-3-5-10(6-4-9)14-8-11(18)7-12-15-13(19)17-16-12/h3-6,11,14,18H,2,7-8H2,1H3,(H2,15,16,17,19). The number of benzene rings is 1. The van der Waals surface area contributed by atoms with Gasteiger partial charge in [-0.1, -0.05) is 19.1 Å². The number of nitrogens with zero attached hydrogens (tertiary/aromatic N) is 1. The molecule has 0 saturated heterocycles. The molecule has 0 fully saturated rings. The molecule has 0 aliphatic carbocycles. The van der Waals surface area contributed by atoms with Gasteiger partial charge >= 0.3 is 5.69 Å². The Bertz CT molecular complexity index is 559. The summed E-state index contributed by atoms with van der Waals surface area (Å²) in [6, 6.07) is 8.09. The van der Waals surface area contributed by atoms with E-state index in [-0.39, 0.29) is 5.69 Å². The van der Waals surface area contributed by atoms with Gasteiger partial charge < -0.3 is 10.4 Å². The van der Waals surface area contributed by atoms with Gasteiger partial charge in [-0.3, -0.25) is 4.98 Å². The maximum Gasteiger partial charge on any atom is 0.340 e. The molecule has 1 atom stereocenters. The number of aliphatic hydroxyl groups is 1. The van der Waals surface area contributed by atoms with E-state index in [1.165, 1.54) is 5.56 Å². The maximum atomic E-state index is 10.8. The van der Waals surface area contributed by atoms with Gasteiger partial charge in [-0.2, -0.15) is 5.10 Å². The highest BCUT2D eigenvalue weighted by molar-refractivity contribution is 5.44. The van der Waals surface area contributed by atoms with E-state index in [0.29, 0.717) is 18.8 Å². The Kier molecular flexibility index (Phi) is 4.35. The van der Waals surface area contributed by atoms with Gasteiger partial charge in [0.15, 0.2) is 0 Å². The summed E-state index contributed by atoms with van der Waals surface area (Å²) in [5, 5.41) is 19.0. The second-order valence-corrected chi connectivity index (χ2v) is 4.41. The number of aryl methyl sites for hydroxylation is 1. The lowest BCUT2D eigenvalue weighted by Gasteiger charge is -2.11. The topological polar surface area (TPSA) is 93.8 Å². The lowest BCUT2D eigenvalue weighted by molar-refractivity contribution is 0.185. The van der Waals surface area contributed by atoms with Crippen molar-refractivity contribution in [1.29, 1.82) is 0 Å². The molecule has 0 bridgehead atoms. The van der Waals surface area contributed by atoms with Crippen LogP contribution >= 0.6 is 0 Å². The fourth-order valence-electron chi connectivity index (χ4n) is 1.79. The van der Waals surface area contributed by atoms with Crippen LogP contribution in [-0.4, -0.2) is 32.9 Å². The predicted octanol–water partition coefficient (Wildman–Crippen LogP) is 0.676. The minimum absolute atomic E-state index is 0.304. The van der Waals surface area contributed by atoms with Crippen molar-refractivity contribution in [3.05, 3.63) is 46.1 Å². The van der Waals surface area contributed by atoms with Crippen LogP contribution in [0.15, 0.2) is 29.1 Å². The van der Waals surface area contributed by atoms with Crippen molar-refractivity contribution in [3.8, 4) is 0 Å². The molecule has 1 unspecified atom stereocenters. The Labute approximate surface area is 110 Å². The Morgan fingerprint density at radius 2 is 2.11 bits per heavy atom. The van der Waals surface area contributed by atoms with Crippen molar-refractivity contribution in [3.63, 3.8) is 0 Å². The number of rotatable bonds is 6. The van der Waals surface area contributed by atoms with E-state index in [2.05, 4.69) is 39.6 Å². The molecule has 4 N–H and O–H groups in total. The average molecular weight is 262 g/mol. The molecule has 0 saturated carbocycles. The number of aliphatic hydroxyl groups excluding tert-OH is 1. The Balaban J connectivity index is 1.82. The van der Waals surface area contributed by atoms with Crippen molar-refractivity contribution >= 4 is 5.69 Å². The zero-order valence-electron chi connectivity index (χ0n) is 10.8. The van der Waals surface area contributed by atoms with Gasteiger partial charge in [-0.25, -0.2) is 9.89 Å². The van der Waals surface area contributed by atoms with Crippen LogP contribution in [0.1, 0.15) is 18.3 Å². The van der Waals surface area contributed by atoms with Gasteiger partial charge in [-0.15, -0.1) is 0 Å². The molecule has 0 aliphatic heterocycles.